The van der Waals surface area contributed by atoms with Crippen LogP contribution in [-0.4, -0.2) is 35.4 Å². The van der Waals surface area contributed by atoms with E-state index in [1.54, 1.807) is 12.0 Å². The average Bonchev–Trinajstić information content (AvgIpc) is 2.69. The minimum absolute atomic E-state index is 0.0626. The van der Waals surface area contributed by atoms with Gasteiger partial charge in [-0.15, -0.1) is 0 Å². The van der Waals surface area contributed by atoms with Gasteiger partial charge in [0.15, 0.2) is 0 Å². The molecule has 0 aliphatic heterocycles. The molecule has 0 radical (unpaired) electrons. The van der Waals surface area contributed by atoms with Gasteiger partial charge < -0.3 is 15.0 Å². The van der Waals surface area contributed by atoms with Crippen molar-refractivity contribution in [1.82, 2.24) is 10.2 Å². The third-order valence-corrected chi connectivity index (χ3v) is 5.22. The Morgan fingerprint density at radius 2 is 1.81 bits per heavy atom. The molecule has 0 bridgehead atoms. The van der Waals surface area contributed by atoms with Gasteiger partial charge in [0.05, 0.1) is 13.5 Å². The lowest BCUT2D eigenvalue weighted by Gasteiger charge is -2.33. The van der Waals surface area contributed by atoms with Crippen LogP contribution in [0.3, 0.4) is 0 Å². The summed E-state index contributed by atoms with van der Waals surface area (Å²) in [5, 5.41) is 3.04. The number of hydrogen-bond donors (Lipinski definition) is 1. The number of benzene rings is 2. The summed E-state index contributed by atoms with van der Waals surface area (Å²) in [6.07, 6.45) is 0.793. The van der Waals surface area contributed by atoms with Gasteiger partial charge in [-0.3, -0.25) is 9.59 Å². The van der Waals surface area contributed by atoms with Crippen molar-refractivity contribution < 1.29 is 14.3 Å². The maximum atomic E-state index is 13.5. The third kappa shape index (κ3) is 7.12. The fourth-order valence-corrected chi connectivity index (χ4v) is 3.60. The van der Waals surface area contributed by atoms with Crippen LogP contribution in [0.4, 0.5) is 0 Å². The average molecular weight is 425 g/mol. The highest BCUT2D eigenvalue weighted by molar-refractivity contribution is 5.89. The number of carbonyl (C=O) groups excluding carboxylic acids is 2. The summed E-state index contributed by atoms with van der Waals surface area (Å²) in [6.45, 7) is 12.2. The van der Waals surface area contributed by atoms with Gasteiger partial charge in [-0.05, 0) is 69.9 Å². The van der Waals surface area contributed by atoms with E-state index in [0.717, 1.165) is 28.0 Å². The molecule has 0 spiro atoms. The van der Waals surface area contributed by atoms with E-state index in [4.69, 9.17) is 4.74 Å². The fourth-order valence-electron chi connectivity index (χ4n) is 3.60. The van der Waals surface area contributed by atoms with E-state index in [1.807, 2.05) is 84.0 Å². The van der Waals surface area contributed by atoms with Crippen LogP contribution in [0.1, 0.15) is 56.4 Å². The van der Waals surface area contributed by atoms with Gasteiger partial charge in [0.25, 0.3) is 0 Å². The van der Waals surface area contributed by atoms with Crippen LogP contribution in [-0.2, 0) is 22.6 Å². The van der Waals surface area contributed by atoms with Crippen LogP contribution < -0.4 is 10.1 Å². The number of carbonyl (C=O) groups is 2. The molecular formula is C26H36N2O3. The quantitative estimate of drug-likeness (QED) is 0.675. The van der Waals surface area contributed by atoms with Gasteiger partial charge in [0, 0.05) is 12.1 Å². The Hall–Kier alpha value is -2.82. The van der Waals surface area contributed by atoms with Crippen LogP contribution in [0.5, 0.6) is 5.75 Å². The number of amides is 2. The molecule has 0 saturated carbocycles. The van der Waals surface area contributed by atoms with Crippen molar-refractivity contribution >= 4 is 11.8 Å². The normalized spacial score (nSPS) is 12.2. The largest absolute Gasteiger partial charge is 0.497 e. The molecule has 168 valence electrons. The number of ether oxygens (including phenoxy) is 1. The van der Waals surface area contributed by atoms with Gasteiger partial charge in [-0.25, -0.2) is 0 Å². The number of hydrogen-bond acceptors (Lipinski definition) is 3. The molecular weight excluding hydrogens is 388 g/mol. The van der Waals surface area contributed by atoms with Crippen molar-refractivity contribution in [2.24, 2.45) is 0 Å². The predicted molar refractivity (Wildman–Crippen MR) is 125 cm³/mol. The summed E-state index contributed by atoms with van der Waals surface area (Å²) in [4.78, 5) is 28.3. The van der Waals surface area contributed by atoms with Gasteiger partial charge in [0.2, 0.25) is 11.8 Å². The second-order valence-electron chi connectivity index (χ2n) is 9.14. The first-order valence-electron chi connectivity index (χ1n) is 10.8. The van der Waals surface area contributed by atoms with E-state index in [9.17, 15) is 9.59 Å². The molecule has 2 amide bonds. The van der Waals surface area contributed by atoms with Crippen LogP contribution >= 0.6 is 0 Å². The SMILES string of the molecule is CCC(C(=O)NC(C)(C)C)N(Cc1cccc(OC)c1)C(=O)Cc1cc(C)ccc1C. The second kappa shape index (κ2) is 10.5. The van der Waals surface area contributed by atoms with E-state index in [-0.39, 0.29) is 23.8 Å². The Bertz CT molecular complexity index is 915. The van der Waals surface area contributed by atoms with Crippen LogP contribution in [0.2, 0.25) is 0 Å². The van der Waals surface area contributed by atoms with E-state index in [2.05, 4.69) is 5.32 Å². The molecule has 1 N–H and O–H groups in total. The number of nitrogens with one attached hydrogen (secondary N) is 1. The Kier molecular flexibility index (Phi) is 8.26. The van der Waals surface area contributed by atoms with Crippen LogP contribution in [0, 0.1) is 13.8 Å². The topological polar surface area (TPSA) is 58.6 Å². The summed E-state index contributed by atoms with van der Waals surface area (Å²) in [5.41, 5.74) is 3.74. The van der Waals surface area contributed by atoms with Gasteiger partial charge >= 0.3 is 0 Å². The van der Waals surface area contributed by atoms with Crippen molar-refractivity contribution in [2.45, 2.75) is 72.5 Å². The fraction of sp³-hybridized carbons (Fsp3) is 0.462. The number of aryl methyl sites for hydroxylation is 2. The highest BCUT2D eigenvalue weighted by Gasteiger charge is 2.30. The van der Waals surface area contributed by atoms with Crippen LogP contribution in [0.15, 0.2) is 42.5 Å². The molecule has 2 aromatic rings. The highest BCUT2D eigenvalue weighted by Crippen LogP contribution is 2.20. The Labute approximate surface area is 186 Å². The van der Waals surface area contributed by atoms with Crippen molar-refractivity contribution in [3.63, 3.8) is 0 Å². The number of nitrogens with zero attached hydrogens (tertiary/aromatic N) is 1. The van der Waals surface area contributed by atoms with Crippen molar-refractivity contribution in [3.8, 4) is 5.75 Å². The van der Waals surface area contributed by atoms with Crippen molar-refractivity contribution in [2.75, 3.05) is 7.11 Å². The Balaban J connectivity index is 2.38. The zero-order chi connectivity index (χ0) is 23.2. The molecule has 5 nitrogen and oxygen atoms in total. The number of methoxy groups -OCH3 is 1. The molecule has 0 fully saturated rings. The Morgan fingerprint density at radius 3 is 2.42 bits per heavy atom. The lowest BCUT2D eigenvalue weighted by molar-refractivity contribution is -0.141. The van der Waals surface area contributed by atoms with E-state index in [1.165, 1.54) is 0 Å². The van der Waals surface area contributed by atoms with E-state index < -0.39 is 6.04 Å². The highest BCUT2D eigenvalue weighted by atomic mass is 16.5. The van der Waals surface area contributed by atoms with E-state index in [0.29, 0.717) is 13.0 Å². The molecule has 0 aromatic heterocycles. The number of rotatable bonds is 8. The standard InChI is InChI=1S/C26H36N2O3/c1-8-23(25(30)27-26(4,5)6)28(17-20-10-9-11-22(15-20)31-7)24(29)16-21-14-18(2)12-13-19(21)3/h9-15,23H,8,16-17H2,1-7H3,(H,27,30). The molecule has 0 heterocycles. The molecule has 31 heavy (non-hydrogen) atoms. The lowest BCUT2D eigenvalue weighted by Crippen LogP contribution is -2.53. The Morgan fingerprint density at radius 1 is 1.10 bits per heavy atom. The van der Waals surface area contributed by atoms with Crippen LogP contribution in [0.25, 0.3) is 0 Å². The molecule has 0 aliphatic rings. The minimum Gasteiger partial charge on any atom is -0.497 e. The monoisotopic (exact) mass is 424 g/mol. The van der Waals surface area contributed by atoms with Gasteiger partial charge in [0.1, 0.15) is 11.8 Å². The smallest absolute Gasteiger partial charge is 0.243 e. The maximum Gasteiger partial charge on any atom is 0.243 e. The summed E-state index contributed by atoms with van der Waals surface area (Å²) in [7, 11) is 1.62. The first kappa shape index (κ1) is 24.4. The molecule has 0 saturated heterocycles. The summed E-state index contributed by atoms with van der Waals surface area (Å²) >= 11 is 0. The maximum absolute atomic E-state index is 13.5. The summed E-state index contributed by atoms with van der Waals surface area (Å²) in [6, 6.07) is 13.2. The predicted octanol–water partition coefficient (Wildman–Crippen LogP) is 4.58. The zero-order valence-corrected chi connectivity index (χ0v) is 19.9. The second-order valence-corrected chi connectivity index (χ2v) is 9.14. The van der Waals surface area contributed by atoms with E-state index >= 15 is 0 Å². The molecule has 1 atom stereocenters. The third-order valence-electron chi connectivity index (χ3n) is 5.22. The van der Waals surface area contributed by atoms with Crippen molar-refractivity contribution in [3.05, 3.63) is 64.7 Å². The molecule has 2 rings (SSSR count). The molecule has 5 heteroatoms. The first-order chi connectivity index (χ1) is 14.5. The zero-order valence-electron chi connectivity index (χ0n) is 19.9. The first-order valence-corrected chi connectivity index (χ1v) is 10.8. The molecule has 1 unspecified atom stereocenters. The van der Waals surface area contributed by atoms with Crippen molar-refractivity contribution in [1.29, 1.82) is 0 Å². The summed E-state index contributed by atoms with van der Waals surface area (Å²) < 4.78 is 5.34. The molecule has 0 aliphatic carbocycles. The molecule has 2 aromatic carbocycles. The lowest BCUT2D eigenvalue weighted by atomic mass is 10.0. The van der Waals surface area contributed by atoms with Gasteiger partial charge in [-0.1, -0.05) is 42.8 Å². The minimum atomic E-state index is -0.553. The van der Waals surface area contributed by atoms with Gasteiger partial charge in [-0.2, -0.15) is 0 Å². The summed E-state index contributed by atoms with van der Waals surface area (Å²) in [5.74, 6) is 0.534.